The maximum Gasteiger partial charge on any atom is 0.251 e. The van der Waals surface area contributed by atoms with Gasteiger partial charge in [-0.15, -0.1) is 0 Å². The van der Waals surface area contributed by atoms with E-state index in [0.717, 1.165) is 29.4 Å². The zero-order valence-corrected chi connectivity index (χ0v) is 67.3. The molecule has 4 nitrogen and oxygen atoms in total. The molecule has 8 heteroatoms. The van der Waals surface area contributed by atoms with Gasteiger partial charge in [0, 0.05) is 44.0 Å². The number of benzene rings is 12. The summed E-state index contributed by atoms with van der Waals surface area (Å²) in [5, 5.41) is 5.21. The fourth-order valence-electron chi connectivity index (χ4n) is 21.0. The summed E-state index contributed by atoms with van der Waals surface area (Å²) < 4.78 is 20.5. The standard InChI is InChI=1S/C99H98B4N2O2/c1-52-24-27-83-71(38-52)73-39-57(6)40-81-95(73)104(83)85-48-80-90(50-75(85)100(81)91-59(8)30-53(2)31-60(91)9)107-88-42-67(58(7)41-77(88)102(80)93-63(12)34-55(4)35-64(93)13)51-99(22,23)70-44-74-72-43-68(97(16,17)18)25-28-84(72)105-86-47-79-89(49-76(86)101(82(46-70)96(74)105)92-61(10)32-54(3)33-62(92)11)106-87-29-26-69(98(19,20)21)45-78(87)103(79)94-65(14)36-56(5)37-66(94)15/h24-50H,51H2,1-23H3. The molecule has 0 atom stereocenters. The van der Waals surface area contributed by atoms with Crippen LogP contribution in [0, 0.1) is 104 Å². The highest BCUT2D eigenvalue weighted by atomic mass is 16.5. The molecule has 0 spiro atoms. The van der Waals surface area contributed by atoms with Crippen molar-refractivity contribution < 1.29 is 9.47 Å². The first-order chi connectivity index (χ1) is 50.7. The molecule has 0 bridgehead atoms. The SMILES string of the molecule is Cc1cc(C)c(B2c3cc(C)c(CC(C)(C)c4cc5c6c(c4)c4cc(C(C)(C)C)ccc4n6-c4cc6c(cc4B5c4c(C)cc(C)cc4C)Oc4ccc(C(C)(C)C)cc4B6c4c(C)cc(C)cc4C)cc3Oc3cc4c(cc32)-n2c3ccc(C)cc3c3cc(C)cc(c32)B4c2c(C)cc(C)cc2C)c(C)c1. The van der Waals surface area contributed by atoms with Crippen molar-refractivity contribution in [3.8, 4) is 34.4 Å². The Hall–Kier alpha value is -9.90. The molecule has 0 fully saturated rings. The molecule has 0 amide bonds. The van der Waals surface area contributed by atoms with Gasteiger partial charge in [0.1, 0.15) is 23.0 Å². The molecule has 14 aromatic rings. The van der Waals surface area contributed by atoms with E-state index in [1.165, 1.54) is 226 Å². The molecule has 0 N–H and O–H groups in total. The van der Waals surface area contributed by atoms with E-state index >= 15 is 0 Å². The number of aryl methyl sites for hydroxylation is 15. The minimum Gasteiger partial charge on any atom is -0.458 e. The molecule has 2 aromatic heterocycles. The number of fused-ring (bicyclic) bond motifs is 14. The normalized spacial score (nSPS) is 13.7. The number of ether oxygens (including phenoxy) is 2. The first-order valence-corrected chi connectivity index (χ1v) is 39.2. The Bertz CT molecular complexity index is 6220. The molecule has 528 valence electrons. The summed E-state index contributed by atoms with van der Waals surface area (Å²) in [4.78, 5) is 0. The van der Waals surface area contributed by atoms with E-state index < -0.39 is 0 Å². The Morgan fingerprint density at radius 2 is 0.617 bits per heavy atom. The third-order valence-electron chi connectivity index (χ3n) is 25.5. The maximum atomic E-state index is 7.77. The molecular formula is C99H98B4N2O2. The minimum atomic E-state index is -0.366. The molecule has 107 heavy (non-hydrogen) atoms. The molecule has 0 aliphatic carbocycles. The van der Waals surface area contributed by atoms with Gasteiger partial charge >= 0.3 is 0 Å². The van der Waals surface area contributed by atoms with Gasteiger partial charge in [-0.3, -0.25) is 0 Å². The maximum absolute atomic E-state index is 7.77. The van der Waals surface area contributed by atoms with Crippen molar-refractivity contribution in [3.63, 3.8) is 0 Å². The van der Waals surface area contributed by atoms with E-state index in [1.807, 2.05) is 0 Å². The van der Waals surface area contributed by atoms with Gasteiger partial charge in [-0.1, -0.05) is 246 Å². The van der Waals surface area contributed by atoms with Gasteiger partial charge in [-0.2, -0.15) is 0 Å². The lowest BCUT2D eigenvalue weighted by Crippen LogP contribution is -2.60. The second kappa shape index (κ2) is 23.8. The summed E-state index contributed by atoms with van der Waals surface area (Å²) in [5.74, 6) is 3.75. The fraction of sp³-hybridized carbons (Fsp3) is 0.273. The van der Waals surface area contributed by atoms with Crippen LogP contribution in [0.25, 0.3) is 55.0 Å². The van der Waals surface area contributed by atoms with Crippen molar-refractivity contribution in [3.05, 3.63) is 269 Å². The predicted octanol–water partition coefficient (Wildman–Crippen LogP) is 16.5. The zero-order chi connectivity index (χ0) is 75.2. The lowest BCUT2D eigenvalue weighted by molar-refractivity contribution is 0.483. The smallest absolute Gasteiger partial charge is 0.251 e. The van der Waals surface area contributed by atoms with Gasteiger partial charge in [0.2, 0.25) is 13.4 Å². The second-order valence-electron chi connectivity index (χ2n) is 36.3. The van der Waals surface area contributed by atoms with Gasteiger partial charge in [-0.25, -0.2) is 0 Å². The number of aromatic nitrogens is 2. The minimum absolute atomic E-state index is 0.0242. The van der Waals surface area contributed by atoms with Crippen LogP contribution in [0.5, 0.6) is 23.0 Å². The Balaban J connectivity index is 0.841. The largest absolute Gasteiger partial charge is 0.458 e. The summed E-state index contributed by atoms with van der Waals surface area (Å²) in [6.45, 7) is 53.3. The van der Waals surface area contributed by atoms with Crippen LogP contribution < -0.4 is 75.0 Å². The summed E-state index contributed by atoms with van der Waals surface area (Å²) in [5.41, 5.74) is 47.3. The van der Waals surface area contributed by atoms with Crippen LogP contribution in [-0.4, -0.2) is 36.0 Å². The highest BCUT2D eigenvalue weighted by molar-refractivity contribution is 7.01. The Labute approximate surface area is 636 Å². The molecule has 18 rings (SSSR count). The molecule has 0 saturated carbocycles. The molecule has 4 aliphatic heterocycles. The van der Waals surface area contributed by atoms with Crippen molar-refractivity contribution in [2.24, 2.45) is 0 Å². The van der Waals surface area contributed by atoms with Crippen molar-refractivity contribution in [1.29, 1.82) is 0 Å². The van der Waals surface area contributed by atoms with Gasteiger partial charge < -0.3 is 18.6 Å². The summed E-state index contributed by atoms with van der Waals surface area (Å²) in [6, 6.07) is 65.8. The molecule has 4 aliphatic rings. The van der Waals surface area contributed by atoms with Crippen molar-refractivity contribution >= 4 is 136 Å². The van der Waals surface area contributed by atoms with E-state index in [9.17, 15) is 0 Å². The number of hydrogen-bond donors (Lipinski definition) is 0. The lowest BCUT2D eigenvalue weighted by atomic mass is 9.32. The van der Waals surface area contributed by atoms with Crippen LogP contribution in [0.2, 0.25) is 0 Å². The third kappa shape index (κ3) is 10.5. The number of nitrogens with zero attached hydrogens (tertiary/aromatic N) is 2. The van der Waals surface area contributed by atoms with E-state index in [2.05, 4.69) is 332 Å². The molecular weight excluding hydrogens is 1290 g/mol. The third-order valence-corrected chi connectivity index (χ3v) is 25.5. The van der Waals surface area contributed by atoms with Gasteiger partial charge in [-0.05, 0) is 271 Å². The summed E-state index contributed by atoms with van der Waals surface area (Å²) in [6.07, 6.45) is 0.789. The number of hydrogen-bond acceptors (Lipinski definition) is 2. The van der Waals surface area contributed by atoms with Gasteiger partial charge in [0.15, 0.2) is 0 Å². The molecule has 0 unspecified atom stereocenters. The quantitative estimate of drug-likeness (QED) is 0.149. The lowest BCUT2D eigenvalue weighted by Gasteiger charge is -2.35. The van der Waals surface area contributed by atoms with E-state index in [0.29, 0.717) is 0 Å². The first kappa shape index (κ1) is 68.9. The topological polar surface area (TPSA) is 28.3 Å². The number of rotatable bonds is 7. The summed E-state index contributed by atoms with van der Waals surface area (Å²) >= 11 is 0. The molecule has 0 radical (unpaired) electrons. The van der Waals surface area contributed by atoms with Gasteiger partial charge in [0.05, 0.1) is 11.0 Å². The molecule has 12 aromatic carbocycles. The zero-order valence-electron chi connectivity index (χ0n) is 67.3. The highest BCUT2D eigenvalue weighted by Crippen LogP contribution is 2.43. The van der Waals surface area contributed by atoms with E-state index in [-0.39, 0.29) is 43.1 Å². The average molecular weight is 1390 g/mol. The Morgan fingerprint density at radius 1 is 0.271 bits per heavy atom. The summed E-state index contributed by atoms with van der Waals surface area (Å²) in [7, 11) is 0. The Kier molecular flexibility index (Phi) is 15.3. The predicted molar refractivity (Wildman–Crippen MR) is 464 cm³/mol. The van der Waals surface area contributed by atoms with Crippen LogP contribution in [0.4, 0.5) is 0 Å². The highest BCUT2D eigenvalue weighted by Gasteiger charge is 2.45. The van der Waals surface area contributed by atoms with Crippen molar-refractivity contribution in [2.45, 2.75) is 182 Å². The van der Waals surface area contributed by atoms with Crippen LogP contribution >= 0.6 is 0 Å². The van der Waals surface area contributed by atoms with Crippen LogP contribution in [-0.2, 0) is 22.7 Å². The Morgan fingerprint density at radius 3 is 1.09 bits per heavy atom. The molecule has 0 saturated heterocycles. The second-order valence-corrected chi connectivity index (χ2v) is 36.3. The molecule has 6 heterocycles. The monoisotopic (exact) mass is 1390 g/mol. The van der Waals surface area contributed by atoms with Crippen molar-refractivity contribution in [1.82, 2.24) is 9.13 Å². The fourth-order valence-corrected chi connectivity index (χ4v) is 21.0. The van der Waals surface area contributed by atoms with Crippen LogP contribution in [0.3, 0.4) is 0 Å². The van der Waals surface area contributed by atoms with Crippen LogP contribution in [0.15, 0.2) is 164 Å². The van der Waals surface area contributed by atoms with E-state index in [1.54, 1.807) is 0 Å². The van der Waals surface area contributed by atoms with Crippen molar-refractivity contribution in [2.75, 3.05) is 0 Å². The van der Waals surface area contributed by atoms with Crippen LogP contribution in [0.1, 0.15) is 161 Å². The average Bonchev–Trinajstić information content (AvgIpc) is 1.61. The van der Waals surface area contributed by atoms with Gasteiger partial charge in [0.25, 0.3) is 13.4 Å². The van der Waals surface area contributed by atoms with E-state index in [4.69, 9.17) is 9.47 Å². The first-order valence-electron chi connectivity index (χ1n) is 39.2.